The Kier molecular flexibility index (Phi) is 6.40. The molecule has 32 heavy (non-hydrogen) atoms. The second-order valence-corrected chi connectivity index (χ2v) is 7.95. The number of halogens is 2. The van der Waals surface area contributed by atoms with Gasteiger partial charge in [0.05, 0.1) is 5.56 Å². The average molecular weight is 446 g/mol. The Balaban J connectivity index is 1.27. The molecule has 5 N–H and O–H groups in total. The molecule has 0 saturated heterocycles. The van der Waals surface area contributed by atoms with Gasteiger partial charge in [0.2, 0.25) is 5.90 Å². The number of nitrogens with two attached hydrogens (primary N) is 1. The van der Waals surface area contributed by atoms with Gasteiger partial charge in [0.1, 0.15) is 29.7 Å². The first-order valence-electron chi connectivity index (χ1n) is 10.3. The molecule has 1 fully saturated rings. The third-order valence-electron chi connectivity index (χ3n) is 5.71. The number of hydroxylamine groups is 1. The summed E-state index contributed by atoms with van der Waals surface area (Å²) in [6.07, 6.45) is 2.71. The van der Waals surface area contributed by atoms with Gasteiger partial charge in [-0.3, -0.25) is 0 Å². The Morgan fingerprint density at radius 1 is 1.09 bits per heavy atom. The van der Waals surface area contributed by atoms with E-state index in [1.165, 1.54) is 24.3 Å². The molecule has 2 aliphatic rings. The van der Waals surface area contributed by atoms with Crippen molar-refractivity contribution < 1.29 is 28.7 Å². The molecule has 1 unspecified atom stereocenters. The fourth-order valence-electron chi connectivity index (χ4n) is 3.90. The molecule has 0 bridgehead atoms. The largest absolute Gasteiger partial charge is 0.508 e. The molecule has 0 spiro atoms. The third kappa shape index (κ3) is 4.91. The van der Waals surface area contributed by atoms with E-state index in [4.69, 9.17) is 15.4 Å². The maximum atomic E-state index is 14.1. The molecule has 1 saturated carbocycles. The summed E-state index contributed by atoms with van der Waals surface area (Å²) in [7, 11) is 0. The van der Waals surface area contributed by atoms with E-state index < -0.39 is 17.8 Å². The van der Waals surface area contributed by atoms with Gasteiger partial charge in [-0.05, 0) is 55.9 Å². The predicted molar refractivity (Wildman–Crippen MR) is 113 cm³/mol. The van der Waals surface area contributed by atoms with Gasteiger partial charge in [0.25, 0.3) is 0 Å². The van der Waals surface area contributed by atoms with Crippen molar-refractivity contribution in [2.24, 2.45) is 27.7 Å². The molecule has 170 valence electrons. The molecule has 10 heteroatoms. The van der Waals surface area contributed by atoms with Crippen molar-refractivity contribution in [2.45, 2.75) is 31.8 Å². The van der Waals surface area contributed by atoms with E-state index in [0.717, 1.165) is 37.8 Å². The molecule has 2 aromatic rings. The molecule has 0 aromatic heterocycles. The van der Waals surface area contributed by atoms with Crippen molar-refractivity contribution in [1.29, 1.82) is 0 Å². The van der Waals surface area contributed by atoms with Crippen molar-refractivity contribution in [2.75, 3.05) is 6.61 Å². The first-order chi connectivity index (χ1) is 15.4. The van der Waals surface area contributed by atoms with Crippen LogP contribution in [-0.4, -0.2) is 28.6 Å². The number of phenolic OH excluding ortho intramolecular Hbond substituents is 2. The van der Waals surface area contributed by atoms with E-state index in [2.05, 4.69) is 15.6 Å². The van der Waals surface area contributed by atoms with Gasteiger partial charge in [-0.2, -0.15) is 0 Å². The maximum Gasteiger partial charge on any atom is 0.214 e. The van der Waals surface area contributed by atoms with Crippen LogP contribution < -0.4 is 11.2 Å². The Bertz CT molecular complexity index is 1040. The molecule has 0 radical (unpaired) electrons. The summed E-state index contributed by atoms with van der Waals surface area (Å²) in [4.78, 5) is 15.3. The highest BCUT2D eigenvalue weighted by Gasteiger charge is 2.32. The molecule has 1 aliphatic carbocycles. The Morgan fingerprint density at radius 2 is 1.78 bits per heavy atom. The number of aliphatic imine (C=N–C) groups is 1. The minimum atomic E-state index is -0.674. The zero-order chi connectivity index (χ0) is 22.7. The van der Waals surface area contributed by atoms with Crippen LogP contribution in [0.3, 0.4) is 0 Å². The number of oxime groups is 1. The minimum Gasteiger partial charge on any atom is -0.508 e. The van der Waals surface area contributed by atoms with Crippen molar-refractivity contribution in [3.05, 3.63) is 59.2 Å². The topological polar surface area (TPSA) is 122 Å². The van der Waals surface area contributed by atoms with E-state index in [-0.39, 0.29) is 34.7 Å². The number of hydrogen-bond donors (Lipinski definition) is 4. The highest BCUT2D eigenvalue weighted by Crippen LogP contribution is 2.33. The smallest absolute Gasteiger partial charge is 0.214 e. The molecule has 2 aromatic carbocycles. The van der Waals surface area contributed by atoms with Crippen LogP contribution in [0.25, 0.3) is 0 Å². The number of aromatic hydroxyl groups is 2. The van der Waals surface area contributed by atoms with Crippen LogP contribution in [0.15, 0.2) is 46.5 Å². The summed E-state index contributed by atoms with van der Waals surface area (Å²) in [6.45, 7) is 0.347. The Labute approximate surface area is 183 Å². The highest BCUT2D eigenvalue weighted by atomic mass is 19.1. The SMILES string of the molecule is N/C(=N\OCC1CCC(C2=NC(c3ccc(O)cc3F)NO2)CC1)c1ccc(O)cc1F. The summed E-state index contributed by atoms with van der Waals surface area (Å²) in [5.41, 5.74) is 8.87. The van der Waals surface area contributed by atoms with Crippen LogP contribution in [-0.2, 0) is 9.68 Å². The zero-order valence-electron chi connectivity index (χ0n) is 17.2. The van der Waals surface area contributed by atoms with Gasteiger partial charge in [0.15, 0.2) is 12.0 Å². The second kappa shape index (κ2) is 9.39. The van der Waals surface area contributed by atoms with Crippen LogP contribution in [0.5, 0.6) is 11.5 Å². The van der Waals surface area contributed by atoms with Crippen molar-refractivity contribution in [1.82, 2.24) is 5.48 Å². The Hall–Kier alpha value is -3.40. The van der Waals surface area contributed by atoms with Crippen LogP contribution in [0.2, 0.25) is 0 Å². The van der Waals surface area contributed by atoms with Crippen molar-refractivity contribution >= 4 is 11.7 Å². The van der Waals surface area contributed by atoms with Crippen molar-refractivity contribution in [3.63, 3.8) is 0 Å². The molecule has 8 nitrogen and oxygen atoms in total. The van der Waals surface area contributed by atoms with Gasteiger partial charge in [0, 0.05) is 23.6 Å². The number of amidine groups is 1. The van der Waals surface area contributed by atoms with E-state index in [0.29, 0.717) is 18.1 Å². The van der Waals surface area contributed by atoms with Gasteiger partial charge in [-0.1, -0.05) is 5.16 Å². The van der Waals surface area contributed by atoms with Gasteiger partial charge in [-0.25, -0.2) is 13.8 Å². The molecular weight excluding hydrogens is 422 g/mol. The summed E-state index contributed by atoms with van der Waals surface area (Å²) in [5.74, 6) is -0.737. The minimum absolute atomic E-state index is 0.0648. The summed E-state index contributed by atoms with van der Waals surface area (Å²) >= 11 is 0. The molecule has 1 heterocycles. The lowest BCUT2D eigenvalue weighted by molar-refractivity contribution is 0.0844. The van der Waals surface area contributed by atoms with Gasteiger partial charge < -0.3 is 25.6 Å². The first kappa shape index (κ1) is 21.8. The lowest BCUT2D eigenvalue weighted by atomic mass is 9.82. The maximum absolute atomic E-state index is 14.1. The summed E-state index contributed by atoms with van der Waals surface area (Å²) < 4.78 is 27.9. The molecule has 4 rings (SSSR count). The molecule has 1 atom stereocenters. The van der Waals surface area contributed by atoms with Gasteiger partial charge in [-0.15, -0.1) is 5.48 Å². The highest BCUT2D eigenvalue weighted by molar-refractivity contribution is 5.97. The molecule has 1 aliphatic heterocycles. The lowest BCUT2D eigenvalue weighted by Gasteiger charge is -2.26. The monoisotopic (exact) mass is 446 g/mol. The van der Waals surface area contributed by atoms with Crippen molar-refractivity contribution in [3.8, 4) is 11.5 Å². The number of hydrogen-bond acceptors (Lipinski definition) is 7. The van der Waals surface area contributed by atoms with Crippen LogP contribution in [0.4, 0.5) is 8.78 Å². The summed E-state index contributed by atoms with van der Waals surface area (Å²) in [6, 6.07) is 7.55. The lowest BCUT2D eigenvalue weighted by Crippen LogP contribution is -2.26. The number of rotatable bonds is 6. The molecule has 0 amide bonds. The fraction of sp³-hybridized carbons (Fsp3) is 0.364. The van der Waals surface area contributed by atoms with Crippen LogP contribution >= 0.6 is 0 Å². The second-order valence-electron chi connectivity index (χ2n) is 7.95. The number of nitrogens with one attached hydrogen (secondary N) is 1. The standard InChI is InChI=1S/C22H24F2N4O4/c23-18-9-14(29)5-7-16(18)20(25)27-31-11-12-1-3-13(4-2-12)22-26-21(28-32-22)17-8-6-15(30)10-19(17)24/h5-10,12-13,21,28-30H,1-4,11H2,(H2,25,27). The predicted octanol–water partition coefficient (Wildman–Crippen LogP) is 3.45. The van der Waals surface area contributed by atoms with Crippen LogP contribution in [0.1, 0.15) is 43.0 Å². The van der Waals surface area contributed by atoms with E-state index in [1.54, 1.807) is 0 Å². The number of phenols is 2. The quantitative estimate of drug-likeness (QED) is 0.306. The summed E-state index contributed by atoms with van der Waals surface area (Å²) in [5, 5.41) is 22.4. The van der Waals surface area contributed by atoms with E-state index >= 15 is 0 Å². The van der Waals surface area contributed by atoms with Gasteiger partial charge >= 0.3 is 0 Å². The average Bonchev–Trinajstić information content (AvgIpc) is 3.24. The van der Waals surface area contributed by atoms with E-state index in [1.807, 2.05) is 0 Å². The Morgan fingerprint density at radius 3 is 2.47 bits per heavy atom. The third-order valence-corrected chi connectivity index (χ3v) is 5.71. The van der Waals surface area contributed by atoms with Crippen LogP contribution in [0, 0.1) is 23.5 Å². The normalized spacial score (nSPS) is 23.5. The zero-order valence-corrected chi connectivity index (χ0v) is 17.2. The number of nitrogens with zero attached hydrogens (tertiary/aromatic N) is 2. The fourth-order valence-corrected chi connectivity index (χ4v) is 3.90. The number of benzene rings is 2. The van der Waals surface area contributed by atoms with E-state index in [9.17, 15) is 19.0 Å². The molecular formula is C22H24F2N4O4. The first-order valence-corrected chi connectivity index (χ1v) is 10.3.